The van der Waals surface area contributed by atoms with Gasteiger partial charge in [0.15, 0.2) is 0 Å². The summed E-state index contributed by atoms with van der Waals surface area (Å²) in [5.41, 5.74) is 1.10. The van der Waals surface area contributed by atoms with Gasteiger partial charge in [-0.3, -0.25) is 4.79 Å². The number of aryl methyl sites for hydroxylation is 1. The van der Waals surface area contributed by atoms with Crippen LogP contribution in [0.3, 0.4) is 0 Å². The van der Waals surface area contributed by atoms with Crippen LogP contribution >= 0.6 is 15.9 Å². The molecule has 0 heterocycles. The van der Waals surface area contributed by atoms with Crippen molar-refractivity contribution in [3.63, 3.8) is 0 Å². The lowest BCUT2D eigenvalue weighted by Crippen LogP contribution is -2.39. The lowest BCUT2D eigenvalue weighted by Gasteiger charge is -2.28. The fraction of sp³-hybridized carbons (Fsp3) is 0.500. The van der Waals surface area contributed by atoms with Crippen LogP contribution in [0.15, 0.2) is 53.6 Å². The van der Waals surface area contributed by atoms with Crippen molar-refractivity contribution in [2.45, 2.75) is 87.7 Å². The van der Waals surface area contributed by atoms with Gasteiger partial charge in [0.25, 0.3) is 0 Å². The van der Waals surface area contributed by atoms with Crippen molar-refractivity contribution in [1.29, 1.82) is 0 Å². The van der Waals surface area contributed by atoms with Gasteiger partial charge >= 0.3 is 6.09 Å². The number of hydrogen-bond acceptors (Lipinski definition) is 3. The van der Waals surface area contributed by atoms with Gasteiger partial charge in [0, 0.05) is 25.7 Å². The van der Waals surface area contributed by atoms with Gasteiger partial charge < -0.3 is 15.0 Å². The van der Waals surface area contributed by atoms with Gasteiger partial charge in [0.2, 0.25) is 6.41 Å². The predicted molar refractivity (Wildman–Crippen MR) is 172 cm³/mol. The molecule has 0 aliphatic carbocycles. The number of allylic oxidation sites excluding steroid dienone is 2. The molecule has 0 aliphatic heterocycles. The summed E-state index contributed by atoms with van der Waals surface area (Å²) < 4.78 is 30.9. The molecule has 0 aromatic heterocycles. The number of carbonyl (C=O) groups excluding carboxylic acids is 2. The van der Waals surface area contributed by atoms with Crippen LogP contribution in [0.25, 0.3) is 0 Å². The van der Waals surface area contributed by atoms with Crippen molar-refractivity contribution in [3.8, 4) is 12.8 Å². The van der Waals surface area contributed by atoms with E-state index in [0.717, 1.165) is 22.5 Å². The summed E-state index contributed by atoms with van der Waals surface area (Å²) in [5.74, 6) is -1.04. The summed E-state index contributed by atoms with van der Waals surface area (Å²) in [5, 5.41) is 2.61. The zero-order valence-electron chi connectivity index (χ0n) is 26.4. The summed E-state index contributed by atoms with van der Waals surface area (Å²) >= 11 is 3.50. The number of terminal acetylenes is 1. The number of carbonyl (C=O) groups is 2. The molecule has 0 bridgehead atoms. The van der Waals surface area contributed by atoms with E-state index in [-0.39, 0.29) is 6.09 Å². The maximum Gasteiger partial charge on any atom is 0.410 e. The third kappa shape index (κ3) is 31.3. The molecule has 1 aromatic carbocycles. The monoisotopic (exact) mass is 630 g/mol. The third-order valence-electron chi connectivity index (χ3n) is 3.92. The molecule has 0 fully saturated rings. The summed E-state index contributed by atoms with van der Waals surface area (Å²) in [6, 6.07) is 3.42. The highest BCUT2D eigenvalue weighted by Gasteiger charge is 2.22. The van der Waals surface area contributed by atoms with Crippen molar-refractivity contribution in [3.05, 3.63) is 70.8 Å². The molecule has 0 saturated heterocycles. The maximum atomic E-state index is 12.4. The Hall–Kier alpha value is -2.92. The smallest absolute Gasteiger partial charge is 0.410 e. The lowest BCUT2D eigenvalue weighted by atomic mass is 10.2. The molecular weight excluding hydrogens is 578 g/mol. The molecule has 0 spiro atoms. The van der Waals surface area contributed by atoms with Gasteiger partial charge in [-0.05, 0) is 81.3 Å². The van der Waals surface area contributed by atoms with Crippen LogP contribution in [0, 0.1) is 31.4 Å². The first-order chi connectivity index (χ1) is 18.9. The minimum Gasteiger partial charge on any atom is -0.444 e. The normalized spacial score (nSPS) is 9.97. The molecule has 0 saturated carbocycles. The molecule has 0 atom stereocenters. The number of ether oxygens (including phenoxy) is 1. The first-order valence-electron chi connectivity index (χ1n) is 13.3. The molecule has 1 rings (SSSR count). The number of amides is 2. The molecule has 0 aliphatic rings. The Bertz CT molecular complexity index is 798. The van der Waals surface area contributed by atoms with E-state index in [2.05, 4.69) is 54.2 Å². The average Bonchev–Trinajstić information content (AvgIpc) is 2.92. The van der Waals surface area contributed by atoms with Crippen LogP contribution < -0.4 is 5.32 Å². The van der Waals surface area contributed by atoms with Gasteiger partial charge in [-0.15, -0.1) is 26.0 Å². The second kappa shape index (κ2) is 32.3. The minimum absolute atomic E-state index is 0.344. The average molecular weight is 632 g/mol. The van der Waals surface area contributed by atoms with Crippen LogP contribution in [0.2, 0.25) is 0 Å². The van der Waals surface area contributed by atoms with E-state index >= 15 is 0 Å². The summed E-state index contributed by atoms with van der Waals surface area (Å²) in [4.78, 5) is 24.4. The number of halogens is 3. The van der Waals surface area contributed by atoms with E-state index in [4.69, 9.17) is 4.74 Å². The van der Waals surface area contributed by atoms with E-state index in [0.29, 0.717) is 38.0 Å². The molecule has 230 valence electrons. The number of benzene rings is 1. The van der Waals surface area contributed by atoms with Crippen LogP contribution in [-0.4, -0.2) is 42.6 Å². The maximum absolute atomic E-state index is 12.4. The van der Waals surface area contributed by atoms with E-state index in [1.807, 2.05) is 67.5 Å². The SMILES string of the molecule is C#C.C/C=C(\C=C(\Br)CC)CN(CCCNC=O)C(=O)OC(C)(C)C.C=C.CC.CC.Cc1cc(F)cc(F)c1. The number of rotatable bonds is 9. The molecular formula is C32H53BrF2N2O3. The highest BCUT2D eigenvalue weighted by Crippen LogP contribution is 2.16. The van der Waals surface area contributed by atoms with Crippen LogP contribution in [0.1, 0.15) is 80.7 Å². The fourth-order valence-electron chi connectivity index (χ4n) is 2.43. The summed E-state index contributed by atoms with van der Waals surface area (Å²) in [6.07, 6.45) is 13.9. The molecule has 40 heavy (non-hydrogen) atoms. The van der Waals surface area contributed by atoms with Gasteiger partial charge in [-0.2, -0.15) is 0 Å². The quantitative estimate of drug-likeness (QED) is 0.0972. The molecule has 1 aromatic rings. The highest BCUT2D eigenvalue weighted by molar-refractivity contribution is 9.11. The van der Waals surface area contributed by atoms with E-state index in [1.165, 1.54) is 12.1 Å². The predicted octanol–water partition coefficient (Wildman–Crippen LogP) is 9.37. The van der Waals surface area contributed by atoms with Crippen molar-refractivity contribution in [2.24, 2.45) is 0 Å². The van der Waals surface area contributed by atoms with Crippen LogP contribution in [0.5, 0.6) is 0 Å². The Morgan fingerprint density at radius 1 is 1.10 bits per heavy atom. The summed E-state index contributed by atoms with van der Waals surface area (Å²) in [6.45, 7) is 26.7. The van der Waals surface area contributed by atoms with E-state index < -0.39 is 17.2 Å². The van der Waals surface area contributed by atoms with Crippen molar-refractivity contribution in [2.75, 3.05) is 19.6 Å². The topological polar surface area (TPSA) is 58.6 Å². The van der Waals surface area contributed by atoms with Crippen molar-refractivity contribution >= 4 is 28.4 Å². The fourth-order valence-corrected chi connectivity index (χ4v) is 2.72. The van der Waals surface area contributed by atoms with Crippen molar-refractivity contribution < 1.29 is 23.1 Å². The Morgan fingerprint density at radius 2 is 1.57 bits per heavy atom. The molecule has 2 amide bonds. The molecule has 0 unspecified atom stereocenters. The number of nitrogens with zero attached hydrogens (tertiary/aromatic N) is 1. The Labute approximate surface area is 252 Å². The molecule has 0 radical (unpaired) electrons. The number of nitrogens with one attached hydrogen (secondary N) is 1. The van der Waals surface area contributed by atoms with Gasteiger partial charge in [0.05, 0.1) is 0 Å². The molecule has 1 N–H and O–H groups in total. The third-order valence-corrected chi connectivity index (χ3v) is 4.70. The Kier molecular flexibility index (Phi) is 37.9. The zero-order chi connectivity index (χ0) is 32.7. The van der Waals surface area contributed by atoms with E-state index in [9.17, 15) is 18.4 Å². The minimum atomic E-state index is -0.535. The number of hydrogen-bond donors (Lipinski definition) is 1. The van der Waals surface area contributed by atoms with Crippen molar-refractivity contribution in [1.82, 2.24) is 10.2 Å². The lowest BCUT2D eigenvalue weighted by molar-refractivity contribution is -0.109. The van der Waals surface area contributed by atoms with Gasteiger partial charge in [0.1, 0.15) is 17.2 Å². The highest BCUT2D eigenvalue weighted by atomic mass is 79.9. The first kappa shape index (κ1) is 46.9. The van der Waals surface area contributed by atoms with Crippen LogP contribution in [0.4, 0.5) is 13.6 Å². The van der Waals surface area contributed by atoms with E-state index in [1.54, 1.807) is 11.8 Å². The van der Waals surface area contributed by atoms with Crippen LogP contribution in [-0.2, 0) is 9.53 Å². The molecule has 5 nitrogen and oxygen atoms in total. The largest absolute Gasteiger partial charge is 0.444 e. The first-order valence-corrected chi connectivity index (χ1v) is 14.1. The standard InChI is InChI=1S/C17H29BrN2O3.C7H6F2.2C2H6.C2H4.C2H2/c1-6-14(11-15(18)7-2)12-20(10-8-9-19-13-21)16(22)23-17(3,4)5;1-5-2-6(8)4-7(9)3-5;4*1-2/h6,11,13H,7-10,12H2,1-5H3,(H,19,21);2-4H,1H3;2*1-2H3;1-2H2;1-2H/b14-6+,15-11+;;;;;. The second-order valence-electron chi connectivity index (χ2n) is 8.08. The second-order valence-corrected chi connectivity index (χ2v) is 9.10. The zero-order valence-corrected chi connectivity index (χ0v) is 28.0. The summed E-state index contributed by atoms with van der Waals surface area (Å²) in [7, 11) is 0. The molecule has 8 heteroatoms. The van der Waals surface area contributed by atoms with Gasteiger partial charge in [-0.25, -0.2) is 13.6 Å². The van der Waals surface area contributed by atoms with Gasteiger partial charge in [-0.1, -0.05) is 56.6 Å². The Morgan fingerprint density at radius 3 is 1.93 bits per heavy atom. The Balaban J connectivity index is -0.000000197.